The molecule has 0 aliphatic carbocycles. The van der Waals surface area contributed by atoms with Gasteiger partial charge in [-0.3, -0.25) is 4.79 Å². The molecule has 0 amide bonds. The van der Waals surface area contributed by atoms with Crippen LogP contribution < -0.4 is 0 Å². The van der Waals surface area contributed by atoms with Crippen molar-refractivity contribution in [3.8, 4) is 0 Å². The molecule has 88 valence electrons. The van der Waals surface area contributed by atoms with E-state index in [1.54, 1.807) is 19.1 Å². The van der Waals surface area contributed by atoms with Crippen molar-refractivity contribution in [2.45, 2.75) is 32.9 Å². The lowest BCUT2D eigenvalue weighted by Gasteiger charge is -2.10. The van der Waals surface area contributed by atoms with Crippen LogP contribution in [0.3, 0.4) is 0 Å². The Bertz CT molecular complexity index is 394. The molecular formula is C12H13F3O. The van der Waals surface area contributed by atoms with Crippen LogP contribution in [-0.4, -0.2) is 12.0 Å². The lowest BCUT2D eigenvalue weighted by atomic mass is 9.97. The van der Waals surface area contributed by atoms with Crippen molar-refractivity contribution < 1.29 is 18.0 Å². The van der Waals surface area contributed by atoms with Gasteiger partial charge in [0.15, 0.2) is 0 Å². The van der Waals surface area contributed by atoms with Crippen LogP contribution in [0.5, 0.6) is 0 Å². The highest BCUT2D eigenvalue weighted by Gasteiger charge is 2.40. The van der Waals surface area contributed by atoms with Gasteiger partial charge in [0, 0.05) is 5.56 Å². The van der Waals surface area contributed by atoms with Crippen LogP contribution in [0.2, 0.25) is 0 Å². The number of carbonyl (C=O) groups is 1. The van der Waals surface area contributed by atoms with Crippen LogP contribution in [0, 0.1) is 0 Å². The zero-order valence-electron chi connectivity index (χ0n) is 9.19. The van der Waals surface area contributed by atoms with E-state index < -0.39 is 12.0 Å². The highest BCUT2D eigenvalue weighted by molar-refractivity contribution is 6.01. The topological polar surface area (TPSA) is 17.1 Å². The van der Waals surface area contributed by atoms with Gasteiger partial charge in [0.05, 0.1) is 0 Å². The second-order valence-corrected chi connectivity index (χ2v) is 3.53. The summed E-state index contributed by atoms with van der Waals surface area (Å²) < 4.78 is 36.9. The van der Waals surface area contributed by atoms with Gasteiger partial charge in [0.2, 0.25) is 0 Å². The summed E-state index contributed by atoms with van der Waals surface area (Å²) in [7, 11) is 0. The van der Waals surface area contributed by atoms with E-state index in [1.807, 2.05) is 6.92 Å². The molecule has 0 aliphatic heterocycles. The molecule has 0 heterocycles. The van der Waals surface area contributed by atoms with Gasteiger partial charge in [0.1, 0.15) is 0 Å². The highest BCUT2D eigenvalue weighted by Crippen LogP contribution is 2.24. The number of halogens is 3. The Morgan fingerprint density at radius 2 is 1.81 bits per heavy atom. The maximum absolute atomic E-state index is 12.3. The fourth-order valence-corrected chi connectivity index (χ4v) is 1.53. The van der Waals surface area contributed by atoms with Crippen LogP contribution in [-0.2, 0) is 12.8 Å². The minimum atomic E-state index is -4.79. The molecule has 1 rings (SSSR count). The first-order valence-corrected chi connectivity index (χ1v) is 5.13. The smallest absolute Gasteiger partial charge is 0.284 e. The second kappa shape index (κ2) is 4.68. The number of alkyl halides is 3. The van der Waals surface area contributed by atoms with Crippen molar-refractivity contribution >= 4 is 5.78 Å². The summed E-state index contributed by atoms with van der Waals surface area (Å²) in [6.07, 6.45) is -3.63. The molecule has 1 nitrogen and oxygen atoms in total. The summed E-state index contributed by atoms with van der Waals surface area (Å²) in [5, 5.41) is 0. The van der Waals surface area contributed by atoms with Crippen molar-refractivity contribution in [3.05, 3.63) is 34.9 Å². The van der Waals surface area contributed by atoms with E-state index in [0.717, 1.165) is 12.0 Å². The molecule has 0 fully saturated rings. The Balaban J connectivity index is 3.19. The van der Waals surface area contributed by atoms with Gasteiger partial charge in [-0.05, 0) is 24.0 Å². The first-order valence-electron chi connectivity index (χ1n) is 5.13. The van der Waals surface area contributed by atoms with E-state index in [4.69, 9.17) is 0 Å². The van der Waals surface area contributed by atoms with Crippen molar-refractivity contribution in [1.29, 1.82) is 0 Å². The third kappa shape index (κ3) is 2.62. The predicted molar refractivity (Wildman–Crippen MR) is 55.6 cm³/mol. The molecule has 16 heavy (non-hydrogen) atoms. The van der Waals surface area contributed by atoms with Gasteiger partial charge >= 0.3 is 6.18 Å². The molecule has 0 bridgehead atoms. The number of aryl methyl sites for hydroxylation is 2. The molecule has 0 N–H and O–H groups in total. The standard InChI is InChI=1S/C12H13F3O/c1-3-8-5-6-10(9(4-2)7-8)11(16)12(13,14)15/h5-7H,3-4H2,1-2H3. The predicted octanol–water partition coefficient (Wildman–Crippen LogP) is 3.56. The summed E-state index contributed by atoms with van der Waals surface area (Å²) in [4.78, 5) is 11.1. The van der Waals surface area contributed by atoms with Crippen LogP contribution >= 0.6 is 0 Å². The summed E-state index contributed by atoms with van der Waals surface area (Å²) >= 11 is 0. The molecule has 0 saturated heterocycles. The van der Waals surface area contributed by atoms with E-state index >= 15 is 0 Å². The summed E-state index contributed by atoms with van der Waals surface area (Å²) in [6, 6.07) is 4.50. The average Bonchev–Trinajstić information content (AvgIpc) is 2.26. The Morgan fingerprint density at radius 3 is 2.25 bits per heavy atom. The monoisotopic (exact) mass is 230 g/mol. The maximum atomic E-state index is 12.3. The molecule has 1 aromatic carbocycles. The van der Waals surface area contributed by atoms with E-state index in [-0.39, 0.29) is 5.56 Å². The number of carbonyl (C=O) groups excluding carboxylic acids is 1. The normalized spacial score (nSPS) is 11.6. The number of benzene rings is 1. The van der Waals surface area contributed by atoms with Crippen LogP contribution in [0.15, 0.2) is 18.2 Å². The number of hydrogen-bond acceptors (Lipinski definition) is 1. The van der Waals surface area contributed by atoms with Crippen LogP contribution in [0.4, 0.5) is 13.2 Å². The van der Waals surface area contributed by atoms with E-state index in [2.05, 4.69) is 0 Å². The third-order valence-corrected chi connectivity index (χ3v) is 2.46. The fourth-order valence-electron chi connectivity index (χ4n) is 1.53. The van der Waals surface area contributed by atoms with Crippen molar-refractivity contribution in [3.63, 3.8) is 0 Å². The lowest BCUT2D eigenvalue weighted by molar-refractivity contribution is -0.0885. The highest BCUT2D eigenvalue weighted by atomic mass is 19.4. The molecule has 0 radical (unpaired) electrons. The SMILES string of the molecule is CCc1ccc(C(=O)C(F)(F)F)c(CC)c1. The average molecular weight is 230 g/mol. The molecule has 0 unspecified atom stereocenters. The zero-order chi connectivity index (χ0) is 12.3. The Morgan fingerprint density at radius 1 is 1.19 bits per heavy atom. The van der Waals surface area contributed by atoms with Gasteiger partial charge in [-0.1, -0.05) is 32.0 Å². The van der Waals surface area contributed by atoms with Crippen LogP contribution in [0.1, 0.15) is 35.3 Å². The number of rotatable bonds is 3. The molecule has 1 aromatic rings. The van der Waals surface area contributed by atoms with Crippen molar-refractivity contribution in [2.75, 3.05) is 0 Å². The molecular weight excluding hydrogens is 217 g/mol. The quantitative estimate of drug-likeness (QED) is 0.725. The number of ketones is 1. The largest absolute Gasteiger partial charge is 0.454 e. The molecule has 0 saturated carbocycles. The molecule has 4 heteroatoms. The third-order valence-electron chi connectivity index (χ3n) is 2.46. The summed E-state index contributed by atoms with van der Waals surface area (Å²) in [5.74, 6) is -1.76. The van der Waals surface area contributed by atoms with Crippen molar-refractivity contribution in [1.82, 2.24) is 0 Å². The van der Waals surface area contributed by atoms with E-state index in [1.165, 1.54) is 6.07 Å². The summed E-state index contributed by atoms with van der Waals surface area (Å²) in [6.45, 7) is 3.65. The Kier molecular flexibility index (Phi) is 3.73. The lowest BCUT2D eigenvalue weighted by Crippen LogP contribution is -2.24. The van der Waals surface area contributed by atoms with Crippen molar-refractivity contribution in [2.24, 2.45) is 0 Å². The molecule has 0 aliphatic rings. The minimum absolute atomic E-state index is 0.229. The van der Waals surface area contributed by atoms with Crippen LogP contribution in [0.25, 0.3) is 0 Å². The van der Waals surface area contributed by atoms with Gasteiger partial charge in [-0.2, -0.15) is 13.2 Å². The fraction of sp³-hybridized carbons (Fsp3) is 0.417. The second-order valence-electron chi connectivity index (χ2n) is 3.53. The molecule has 0 aromatic heterocycles. The maximum Gasteiger partial charge on any atom is 0.454 e. The van der Waals surface area contributed by atoms with Gasteiger partial charge < -0.3 is 0 Å². The first kappa shape index (κ1) is 12.7. The van der Waals surface area contributed by atoms with Gasteiger partial charge in [-0.15, -0.1) is 0 Å². The summed E-state index contributed by atoms with van der Waals surface area (Å²) in [5.41, 5.74) is 1.17. The minimum Gasteiger partial charge on any atom is -0.284 e. The Labute approximate surface area is 92.3 Å². The number of hydrogen-bond donors (Lipinski definition) is 0. The van der Waals surface area contributed by atoms with E-state index in [0.29, 0.717) is 12.0 Å². The van der Waals surface area contributed by atoms with E-state index in [9.17, 15) is 18.0 Å². The Hall–Kier alpha value is -1.32. The first-order chi connectivity index (χ1) is 7.40. The molecule has 0 spiro atoms. The van der Waals surface area contributed by atoms with Gasteiger partial charge in [0.25, 0.3) is 5.78 Å². The number of Topliss-reactive ketones (excluding diaryl/α,β-unsaturated/α-hetero) is 1. The van der Waals surface area contributed by atoms with Gasteiger partial charge in [-0.25, -0.2) is 0 Å². The zero-order valence-corrected chi connectivity index (χ0v) is 9.19. The molecule has 0 atom stereocenters.